The number of nitriles is 1. The van der Waals surface area contributed by atoms with Crippen LogP contribution in [0.5, 0.6) is 0 Å². The van der Waals surface area contributed by atoms with Crippen LogP contribution < -0.4 is 5.73 Å². The van der Waals surface area contributed by atoms with Crippen molar-refractivity contribution in [1.29, 1.82) is 5.26 Å². The zero-order valence-electron chi connectivity index (χ0n) is 6.80. The predicted octanol–water partition coefficient (Wildman–Crippen LogP) is 1.88. The Morgan fingerprint density at radius 3 is 2.62 bits per heavy atom. The predicted molar refractivity (Wildman–Crippen MR) is 43.5 cm³/mol. The van der Waals surface area contributed by atoms with Gasteiger partial charge in [-0.15, -0.1) is 0 Å². The van der Waals surface area contributed by atoms with Crippen LogP contribution in [0.1, 0.15) is 18.0 Å². The number of rotatable bonds is 2. The van der Waals surface area contributed by atoms with Gasteiger partial charge in [-0.2, -0.15) is 5.26 Å². The fourth-order valence-corrected chi connectivity index (χ4v) is 0.959. The maximum absolute atomic E-state index is 12.7. The van der Waals surface area contributed by atoms with Crippen molar-refractivity contribution < 1.29 is 8.78 Å². The van der Waals surface area contributed by atoms with Gasteiger partial charge in [0.05, 0.1) is 12.5 Å². The summed E-state index contributed by atoms with van der Waals surface area (Å²) in [6.45, 7) is 0. The Hall–Kier alpha value is -1.47. The Morgan fingerprint density at radius 1 is 1.38 bits per heavy atom. The summed E-state index contributed by atoms with van der Waals surface area (Å²) in [5, 5.41) is 8.32. The first kappa shape index (κ1) is 9.62. The van der Waals surface area contributed by atoms with Crippen LogP contribution in [0.3, 0.4) is 0 Å². The number of halogens is 2. The van der Waals surface area contributed by atoms with Crippen LogP contribution in [-0.2, 0) is 0 Å². The minimum Gasteiger partial charge on any atom is -0.323 e. The van der Waals surface area contributed by atoms with Crippen molar-refractivity contribution in [3.8, 4) is 6.07 Å². The van der Waals surface area contributed by atoms with Gasteiger partial charge >= 0.3 is 0 Å². The van der Waals surface area contributed by atoms with Crippen molar-refractivity contribution in [3.63, 3.8) is 0 Å². The first-order valence-corrected chi connectivity index (χ1v) is 3.72. The second-order valence-electron chi connectivity index (χ2n) is 2.64. The van der Waals surface area contributed by atoms with Crippen LogP contribution in [0.2, 0.25) is 0 Å². The van der Waals surface area contributed by atoms with Gasteiger partial charge in [-0.05, 0) is 17.7 Å². The fraction of sp³-hybridized carbons (Fsp3) is 0.222. The highest BCUT2D eigenvalue weighted by molar-refractivity contribution is 5.21. The van der Waals surface area contributed by atoms with E-state index in [1.54, 1.807) is 0 Å². The molecule has 0 aliphatic heterocycles. The molecule has 0 bridgehead atoms. The molecule has 68 valence electrons. The Bertz CT molecular complexity index is 344. The smallest absolute Gasteiger partial charge is 0.159 e. The normalized spacial score (nSPS) is 12.2. The SMILES string of the molecule is N#CCC(N)c1ccc(F)c(F)c1. The highest BCUT2D eigenvalue weighted by Crippen LogP contribution is 2.16. The van der Waals surface area contributed by atoms with Crippen LogP contribution in [0.25, 0.3) is 0 Å². The van der Waals surface area contributed by atoms with Crippen molar-refractivity contribution in [2.45, 2.75) is 12.5 Å². The maximum Gasteiger partial charge on any atom is 0.159 e. The van der Waals surface area contributed by atoms with Gasteiger partial charge in [-0.3, -0.25) is 0 Å². The second kappa shape index (κ2) is 3.97. The van der Waals surface area contributed by atoms with Crippen molar-refractivity contribution in [2.75, 3.05) is 0 Å². The number of nitrogens with two attached hydrogens (primary N) is 1. The van der Waals surface area contributed by atoms with Gasteiger partial charge in [0.1, 0.15) is 0 Å². The molecule has 0 radical (unpaired) electrons. The summed E-state index contributed by atoms with van der Waals surface area (Å²) < 4.78 is 25.1. The topological polar surface area (TPSA) is 49.8 Å². The molecule has 4 heteroatoms. The number of nitrogens with zero attached hydrogens (tertiary/aromatic N) is 1. The lowest BCUT2D eigenvalue weighted by atomic mass is 10.1. The highest BCUT2D eigenvalue weighted by Gasteiger charge is 2.08. The van der Waals surface area contributed by atoms with Crippen molar-refractivity contribution in [3.05, 3.63) is 35.4 Å². The lowest BCUT2D eigenvalue weighted by Crippen LogP contribution is -2.09. The Balaban J connectivity index is 2.91. The molecule has 0 fully saturated rings. The zero-order valence-corrected chi connectivity index (χ0v) is 6.80. The maximum atomic E-state index is 12.7. The van der Waals surface area contributed by atoms with Crippen molar-refractivity contribution in [2.24, 2.45) is 5.73 Å². The van der Waals surface area contributed by atoms with E-state index < -0.39 is 17.7 Å². The van der Waals surface area contributed by atoms with E-state index in [9.17, 15) is 8.78 Å². The molecule has 0 aliphatic rings. The van der Waals surface area contributed by atoms with Crippen molar-refractivity contribution in [1.82, 2.24) is 0 Å². The number of hydrogen-bond donors (Lipinski definition) is 1. The molecule has 2 nitrogen and oxygen atoms in total. The summed E-state index contributed by atoms with van der Waals surface area (Å²) in [6, 6.07) is 4.69. The average Bonchev–Trinajstić information content (AvgIpc) is 2.10. The molecule has 0 amide bonds. The van der Waals surface area contributed by atoms with E-state index in [4.69, 9.17) is 11.0 Å². The summed E-state index contributed by atoms with van der Waals surface area (Å²) in [7, 11) is 0. The summed E-state index contributed by atoms with van der Waals surface area (Å²) in [6.07, 6.45) is 0.0884. The van der Waals surface area contributed by atoms with E-state index in [1.165, 1.54) is 6.07 Å². The zero-order chi connectivity index (χ0) is 9.84. The molecule has 0 aliphatic carbocycles. The summed E-state index contributed by atoms with van der Waals surface area (Å²) in [5.74, 6) is -1.85. The molecular weight excluding hydrogens is 174 g/mol. The third-order valence-electron chi connectivity index (χ3n) is 1.68. The summed E-state index contributed by atoms with van der Waals surface area (Å²) in [5.41, 5.74) is 5.94. The Kier molecular flexibility index (Phi) is 2.93. The van der Waals surface area contributed by atoms with E-state index >= 15 is 0 Å². The molecule has 1 aromatic carbocycles. The van der Waals surface area contributed by atoms with Crippen LogP contribution in [-0.4, -0.2) is 0 Å². The molecule has 0 spiro atoms. The van der Waals surface area contributed by atoms with Crippen LogP contribution in [0.15, 0.2) is 18.2 Å². The van der Waals surface area contributed by atoms with Crippen LogP contribution in [0.4, 0.5) is 8.78 Å². The highest BCUT2D eigenvalue weighted by atomic mass is 19.2. The quantitative estimate of drug-likeness (QED) is 0.759. The molecule has 0 saturated heterocycles. The van der Waals surface area contributed by atoms with Crippen LogP contribution >= 0.6 is 0 Å². The van der Waals surface area contributed by atoms with Crippen LogP contribution in [0, 0.1) is 23.0 Å². The van der Waals surface area contributed by atoms with Gasteiger partial charge in [-0.1, -0.05) is 6.07 Å². The molecule has 1 unspecified atom stereocenters. The Labute approximate surface area is 74.6 Å². The summed E-state index contributed by atoms with van der Waals surface area (Å²) >= 11 is 0. The van der Waals surface area contributed by atoms with Gasteiger partial charge in [0.25, 0.3) is 0 Å². The number of benzene rings is 1. The van der Waals surface area contributed by atoms with Gasteiger partial charge in [0, 0.05) is 6.04 Å². The minimum absolute atomic E-state index is 0.0884. The van der Waals surface area contributed by atoms with Crippen molar-refractivity contribution >= 4 is 0 Å². The minimum atomic E-state index is -0.939. The molecule has 0 heterocycles. The van der Waals surface area contributed by atoms with Gasteiger partial charge < -0.3 is 5.73 Å². The molecule has 0 saturated carbocycles. The monoisotopic (exact) mass is 182 g/mol. The number of hydrogen-bond acceptors (Lipinski definition) is 2. The largest absolute Gasteiger partial charge is 0.323 e. The van der Waals surface area contributed by atoms with E-state index in [0.717, 1.165) is 12.1 Å². The summed E-state index contributed by atoms with van der Waals surface area (Å²) in [4.78, 5) is 0. The lowest BCUT2D eigenvalue weighted by molar-refractivity contribution is 0.505. The molecule has 13 heavy (non-hydrogen) atoms. The lowest BCUT2D eigenvalue weighted by Gasteiger charge is -2.07. The third kappa shape index (κ3) is 2.23. The first-order valence-electron chi connectivity index (χ1n) is 3.72. The standard InChI is InChI=1S/C9H8F2N2/c10-7-2-1-6(5-8(7)11)9(13)3-4-12/h1-2,5,9H,3,13H2. The molecular formula is C9H8F2N2. The average molecular weight is 182 g/mol. The second-order valence-corrected chi connectivity index (χ2v) is 2.64. The van der Waals surface area contributed by atoms with E-state index in [0.29, 0.717) is 5.56 Å². The van der Waals surface area contributed by atoms with Gasteiger partial charge in [0.2, 0.25) is 0 Å². The van der Waals surface area contributed by atoms with Gasteiger partial charge in [-0.25, -0.2) is 8.78 Å². The molecule has 1 rings (SSSR count). The van der Waals surface area contributed by atoms with E-state index in [2.05, 4.69) is 0 Å². The third-order valence-corrected chi connectivity index (χ3v) is 1.68. The molecule has 1 atom stereocenters. The van der Waals surface area contributed by atoms with E-state index in [1.807, 2.05) is 6.07 Å². The first-order chi connectivity index (χ1) is 6.15. The van der Waals surface area contributed by atoms with E-state index in [-0.39, 0.29) is 6.42 Å². The van der Waals surface area contributed by atoms with Gasteiger partial charge in [0.15, 0.2) is 11.6 Å². The molecule has 2 N–H and O–H groups in total. The molecule has 0 aromatic heterocycles. The fourth-order valence-electron chi connectivity index (χ4n) is 0.959. The Morgan fingerprint density at radius 2 is 2.08 bits per heavy atom. The molecule has 1 aromatic rings.